The van der Waals surface area contributed by atoms with E-state index in [-0.39, 0.29) is 36.2 Å². The molecule has 0 aliphatic carbocycles. The average molecular weight is 374 g/mol. The topological polar surface area (TPSA) is 75.7 Å². The highest BCUT2D eigenvalue weighted by atomic mass is 16.5. The molecule has 1 atom stereocenters. The van der Waals surface area contributed by atoms with E-state index in [0.717, 1.165) is 11.1 Å². The van der Waals surface area contributed by atoms with Crippen molar-refractivity contribution in [1.29, 1.82) is 0 Å². The van der Waals surface area contributed by atoms with Crippen molar-refractivity contribution in [2.75, 3.05) is 13.1 Å². The van der Waals surface area contributed by atoms with Crippen LogP contribution in [0.2, 0.25) is 0 Å². The normalized spacial score (nSPS) is 16.1. The van der Waals surface area contributed by atoms with Crippen LogP contribution in [0.5, 0.6) is 0 Å². The summed E-state index contributed by atoms with van der Waals surface area (Å²) in [6.07, 6.45) is 1.19. The van der Waals surface area contributed by atoms with E-state index in [1.807, 2.05) is 31.2 Å². The Bertz CT molecular complexity index is 661. The number of carbonyl (C=O) groups is 3. The SMILES string of the molecule is CC(=O)N1CCC(C(=O)NC(CC(=O)OC(C)C)c2ccc(C)cc2)CC1. The number of nitrogens with zero attached hydrogens (tertiary/aromatic N) is 1. The lowest BCUT2D eigenvalue weighted by atomic mass is 9.94. The van der Waals surface area contributed by atoms with Gasteiger partial charge in [-0.2, -0.15) is 0 Å². The third-order valence-corrected chi connectivity index (χ3v) is 4.85. The molecule has 1 aromatic rings. The predicted octanol–water partition coefficient (Wildman–Crippen LogP) is 2.75. The second-order valence-corrected chi connectivity index (χ2v) is 7.49. The van der Waals surface area contributed by atoms with Gasteiger partial charge in [0, 0.05) is 25.9 Å². The highest BCUT2D eigenvalue weighted by Gasteiger charge is 2.28. The summed E-state index contributed by atoms with van der Waals surface area (Å²) in [6, 6.07) is 7.37. The summed E-state index contributed by atoms with van der Waals surface area (Å²) in [5.74, 6) is -0.499. The maximum absolute atomic E-state index is 12.8. The van der Waals surface area contributed by atoms with E-state index in [2.05, 4.69) is 5.32 Å². The van der Waals surface area contributed by atoms with Gasteiger partial charge in [0.1, 0.15) is 0 Å². The van der Waals surface area contributed by atoms with Crippen LogP contribution >= 0.6 is 0 Å². The summed E-state index contributed by atoms with van der Waals surface area (Å²) in [7, 11) is 0. The van der Waals surface area contributed by atoms with Gasteiger partial charge in [-0.3, -0.25) is 14.4 Å². The minimum Gasteiger partial charge on any atom is -0.463 e. The quantitative estimate of drug-likeness (QED) is 0.777. The summed E-state index contributed by atoms with van der Waals surface area (Å²) in [4.78, 5) is 38.1. The lowest BCUT2D eigenvalue weighted by Crippen LogP contribution is -2.43. The fourth-order valence-corrected chi connectivity index (χ4v) is 3.27. The zero-order chi connectivity index (χ0) is 20.0. The van der Waals surface area contributed by atoms with E-state index in [4.69, 9.17) is 4.74 Å². The van der Waals surface area contributed by atoms with Crippen LogP contribution in [-0.4, -0.2) is 41.9 Å². The number of ether oxygens (including phenoxy) is 1. The van der Waals surface area contributed by atoms with Crippen molar-refractivity contribution in [3.63, 3.8) is 0 Å². The van der Waals surface area contributed by atoms with Crippen LogP contribution in [0.1, 0.15) is 57.2 Å². The molecule has 1 fully saturated rings. The number of likely N-dealkylation sites (tertiary alicyclic amines) is 1. The molecule has 0 bridgehead atoms. The summed E-state index contributed by atoms with van der Waals surface area (Å²) in [6.45, 7) is 8.34. The standard InChI is InChI=1S/C21H30N2O4/c1-14(2)27-20(25)13-19(17-7-5-15(3)6-8-17)22-21(26)18-9-11-23(12-10-18)16(4)24/h5-8,14,18-19H,9-13H2,1-4H3,(H,22,26). The lowest BCUT2D eigenvalue weighted by molar-refractivity contribution is -0.148. The number of carbonyl (C=O) groups excluding carboxylic acids is 3. The largest absolute Gasteiger partial charge is 0.463 e. The van der Waals surface area contributed by atoms with E-state index in [9.17, 15) is 14.4 Å². The van der Waals surface area contributed by atoms with Crippen molar-refractivity contribution in [1.82, 2.24) is 10.2 Å². The Morgan fingerprint density at radius 3 is 2.26 bits per heavy atom. The van der Waals surface area contributed by atoms with Gasteiger partial charge in [0.2, 0.25) is 11.8 Å². The molecule has 1 aliphatic rings. The summed E-state index contributed by atoms with van der Waals surface area (Å²) in [5, 5.41) is 3.03. The first-order valence-electron chi connectivity index (χ1n) is 9.58. The number of piperidine rings is 1. The van der Waals surface area contributed by atoms with Gasteiger partial charge in [-0.15, -0.1) is 0 Å². The maximum atomic E-state index is 12.8. The minimum absolute atomic E-state index is 0.0443. The van der Waals surface area contributed by atoms with Gasteiger partial charge in [0.05, 0.1) is 18.6 Å². The zero-order valence-corrected chi connectivity index (χ0v) is 16.7. The molecule has 148 valence electrons. The Morgan fingerprint density at radius 1 is 1.15 bits per heavy atom. The lowest BCUT2D eigenvalue weighted by Gasteiger charge is -2.31. The monoisotopic (exact) mass is 374 g/mol. The van der Waals surface area contributed by atoms with Crippen LogP contribution in [0.3, 0.4) is 0 Å². The van der Waals surface area contributed by atoms with Crippen LogP contribution in [-0.2, 0) is 19.1 Å². The molecule has 1 heterocycles. The van der Waals surface area contributed by atoms with Gasteiger partial charge in [-0.1, -0.05) is 29.8 Å². The van der Waals surface area contributed by atoms with E-state index < -0.39 is 6.04 Å². The van der Waals surface area contributed by atoms with Crippen LogP contribution in [0.15, 0.2) is 24.3 Å². The molecule has 0 radical (unpaired) electrons. The summed E-state index contributed by atoms with van der Waals surface area (Å²) in [5.41, 5.74) is 2.00. The van der Waals surface area contributed by atoms with E-state index in [0.29, 0.717) is 25.9 Å². The molecule has 6 nitrogen and oxygen atoms in total. The molecule has 1 unspecified atom stereocenters. The molecular formula is C21H30N2O4. The molecule has 2 amide bonds. The Kier molecular flexibility index (Phi) is 7.39. The first-order valence-corrected chi connectivity index (χ1v) is 9.58. The number of aryl methyl sites for hydroxylation is 1. The predicted molar refractivity (Wildman–Crippen MR) is 103 cm³/mol. The molecule has 1 aromatic carbocycles. The van der Waals surface area contributed by atoms with Gasteiger partial charge in [-0.05, 0) is 39.2 Å². The average Bonchev–Trinajstić information content (AvgIpc) is 2.61. The van der Waals surface area contributed by atoms with Gasteiger partial charge >= 0.3 is 5.97 Å². The van der Waals surface area contributed by atoms with Gasteiger partial charge in [0.15, 0.2) is 0 Å². The molecule has 0 spiro atoms. The third kappa shape index (κ3) is 6.38. The summed E-state index contributed by atoms with van der Waals surface area (Å²) < 4.78 is 5.26. The number of benzene rings is 1. The van der Waals surface area contributed by atoms with Crippen molar-refractivity contribution >= 4 is 17.8 Å². The first kappa shape index (κ1) is 20.9. The highest BCUT2D eigenvalue weighted by molar-refractivity contribution is 5.81. The highest BCUT2D eigenvalue weighted by Crippen LogP contribution is 2.22. The minimum atomic E-state index is -0.421. The van der Waals surface area contributed by atoms with E-state index in [1.54, 1.807) is 25.7 Å². The maximum Gasteiger partial charge on any atom is 0.308 e. The molecule has 1 aliphatic heterocycles. The molecule has 27 heavy (non-hydrogen) atoms. The Balaban J connectivity index is 2.04. The van der Waals surface area contributed by atoms with Crippen molar-refractivity contribution < 1.29 is 19.1 Å². The number of hydrogen-bond donors (Lipinski definition) is 1. The smallest absolute Gasteiger partial charge is 0.308 e. The Labute approximate surface area is 161 Å². The fraction of sp³-hybridized carbons (Fsp3) is 0.571. The van der Waals surface area contributed by atoms with Gasteiger partial charge < -0.3 is 15.0 Å². The van der Waals surface area contributed by atoms with Crippen LogP contribution < -0.4 is 5.32 Å². The Hall–Kier alpha value is -2.37. The van der Waals surface area contributed by atoms with E-state index >= 15 is 0 Å². The number of hydrogen-bond acceptors (Lipinski definition) is 4. The van der Waals surface area contributed by atoms with Crippen LogP contribution in [0.4, 0.5) is 0 Å². The molecule has 0 aromatic heterocycles. The summed E-state index contributed by atoms with van der Waals surface area (Å²) >= 11 is 0. The number of esters is 1. The van der Waals surface area contributed by atoms with Crippen molar-refractivity contribution in [3.8, 4) is 0 Å². The van der Waals surface area contributed by atoms with Gasteiger partial charge in [-0.25, -0.2) is 0 Å². The van der Waals surface area contributed by atoms with Gasteiger partial charge in [0.25, 0.3) is 0 Å². The third-order valence-electron chi connectivity index (χ3n) is 4.85. The van der Waals surface area contributed by atoms with Crippen molar-refractivity contribution in [3.05, 3.63) is 35.4 Å². The van der Waals surface area contributed by atoms with Crippen LogP contribution in [0, 0.1) is 12.8 Å². The molecular weight excluding hydrogens is 344 g/mol. The zero-order valence-electron chi connectivity index (χ0n) is 16.7. The second kappa shape index (κ2) is 9.53. The van der Waals surface area contributed by atoms with Crippen molar-refractivity contribution in [2.24, 2.45) is 5.92 Å². The first-order chi connectivity index (χ1) is 12.8. The van der Waals surface area contributed by atoms with E-state index in [1.165, 1.54) is 0 Å². The molecule has 1 N–H and O–H groups in total. The molecule has 0 saturated carbocycles. The molecule has 2 rings (SSSR count). The number of nitrogens with one attached hydrogen (secondary N) is 1. The fourth-order valence-electron chi connectivity index (χ4n) is 3.27. The second-order valence-electron chi connectivity index (χ2n) is 7.49. The number of amides is 2. The molecule has 6 heteroatoms. The van der Waals surface area contributed by atoms with Crippen LogP contribution in [0.25, 0.3) is 0 Å². The Morgan fingerprint density at radius 2 is 1.74 bits per heavy atom. The molecule has 1 saturated heterocycles. The number of rotatable bonds is 6. The van der Waals surface area contributed by atoms with Crippen molar-refractivity contribution in [2.45, 2.75) is 59.1 Å².